The van der Waals surface area contributed by atoms with Crippen molar-refractivity contribution in [3.8, 4) is 5.75 Å². The van der Waals surface area contributed by atoms with E-state index in [2.05, 4.69) is 20.1 Å². The summed E-state index contributed by atoms with van der Waals surface area (Å²) in [4.78, 5) is 31.0. The molecule has 0 saturated carbocycles. The summed E-state index contributed by atoms with van der Waals surface area (Å²) in [5.41, 5.74) is 2.04. The zero-order chi connectivity index (χ0) is 20.6. The van der Waals surface area contributed by atoms with Crippen LogP contribution in [0.1, 0.15) is 16.8 Å². The maximum Gasteiger partial charge on any atom is 0.573 e. The Balaban J connectivity index is 1.39. The van der Waals surface area contributed by atoms with Crippen molar-refractivity contribution in [2.45, 2.75) is 25.9 Å². The Hall–Kier alpha value is -3.50. The van der Waals surface area contributed by atoms with Gasteiger partial charge in [0.1, 0.15) is 5.75 Å². The molecule has 152 valence electrons. The first-order chi connectivity index (χ1) is 13.8. The van der Waals surface area contributed by atoms with Crippen LogP contribution in [0.4, 0.5) is 18.0 Å². The van der Waals surface area contributed by atoms with Crippen LogP contribution in [-0.2, 0) is 19.5 Å². The number of urea groups is 1. The molecule has 0 saturated heterocycles. The van der Waals surface area contributed by atoms with Gasteiger partial charge < -0.3 is 15.0 Å². The van der Waals surface area contributed by atoms with Crippen LogP contribution < -0.4 is 15.6 Å². The third-order valence-corrected chi connectivity index (χ3v) is 4.58. The first-order valence-corrected chi connectivity index (χ1v) is 8.75. The van der Waals surface area contributed by atoms with Gasteiger partial charge in [0.25, 0.3) is 5.56 Å². The molecule has 1 aliphatic heterocycles. The molecule has 2 N–H and O–H groups in total. The summed E-state index contributed by atoms with van der Waals surface area (Å²) in [5, 5.41) is 5.49. The summed E-state index contributed by atoms with van der Waals surface area (Å²) in [6.07, 6.45) is -2.67. The van der Waals surface area contributed by atoms with Crippen LogP contribution in [0, 0.1) is 0 Å². The lowest BCUT2D eigenvalue weighted by Gasteiger charge is -2.27. The summed E-state index contributed by atoms with van der Waals surface area (Å²) in [5.74, 6) is -0.330. The Kier molecular flexibility index (Phi) is 4.65. The Morgan fingerprint density at radius 1 is 1.24 bits per heavy atom. The van der Waals surface area contributed by atoms with Gasteiger partial charge in [0.05, 0.1) is 17.8 Å². The lowest BCUT2D eigenvalue weighted by Crippen LogP contribution is -2.44. The molecule has 0 fully saturated rings. The van der Waals surface area contributed by atoms with Gasteiger partial charge in [-0.2, -0.15) is 0 Å². The van der Waals surface area contributed by atoms with Crippen LogP contribution in [0.3, 0.4) is 0 Å². The van der Waals surface area contributed by atoms with Crippen LogP contribution in [0.2, 0.25) is 0 Å². The molecule has 0 radical (unpaired) electrons. The largest absolute Gasteiger partial charge is 0.573 e. The van der Waals surface area contributed by atoms with Crippen molar-refractivity contribution in [3.63, 3.8) is 0 Å². The second-order valence-corrected chi connectivity index (χ2v) is 6.52. The molecule has 3 aromatic rings. The standard InChI is InChI=1S/C18H16F3N5O3/c19-18(20,21)29-12-3-1-11(2-4-12)9-22-17(28)25-8-6-14-13(10-25)16(27)26-15(24-14)5-7-23-26/h1-5,7,23H,6,8-10H2,(H,22,28). The van der Waals surface area contributed by atoms with Crippen LogP contribution in [0.25, 0.3) is 5.65 Å². The van der Waals surface area contributed by atoms with Crippen molar-refractivity contribution in [3.05, 3.63) is 63.7 Å². The van der Waals surface area contributed by atoms with E-state index in [0.717, 1.165) is 0 Å². The third-order valence-electron chi connectivity index (χ3n) is 4.58. The number of amides is 2. The molecule has 11 heteroatoms. The van der Waals surface area contributed by atoms with Crippen molar-refractivity contribution < 1.29 is 22.7 Å². The average molecular weight is 407 g/mol. The fourth-order valence-corrected chi connectivity index (χ4v) is 3.19. The maximum atomic E-state index is 12.6. The van der Waals surface area contributed by atoms with E-state index in [4.69, 9.17) is 0 Å². The molecule has 8 nitrogen and oxygen atoms in total. The Morgan fingerprint density at radius 2 is 2.00 bits per heavy atom. The van der Waals surface area contributed by atoms with Crippen LogP contribution in [-0.4, -0.2) is 38.4 Å². The molecule has 0 aliphatic carbocycles. The second kappa shape index (κ2) is 7.15. The van der Waals surface area contributed by atoms with Gasteiger partial charge in [-0.3, -0.25) is 9.89 Å². The Labute approximate surface area is 161 Å². The summed E-state index contributed by atoms with van der Waals surface area (Å²) in [7, 11) is 0. The van der Waals surface area contributed by atoms with Gasteiger partial charge in [-0.15, -0.1) is 13.2 Å². The molecule has 2 amide bonds. The maximum absolute atomic E-state index is 12.6. The number of benzene rings is 1. The second-order valence-electron chi connectivity index (χ2n) is 6.52. The molecule has 29 heavy (non-hydrogen) atoms. The van der Waals surface area contributed by atoms with E-state index >= 15 is 0 Å². The number of aromatic amines is 1. The van der Waals surface area contributed by atoms with Crippen molar-refractivity contribution in [2.75, 3.05) is 6.54 Å². The highest BCUT2D eigenvalue weighted by atomic mass is 19.4. The van der Waals surface area contributed by atoms with E-state index in [0.29, 0.717) is 35.4 Å². The molecular weight excluding hydrogens is 391 g/mol. The number of aromatic nitrogens is 3. The zero-order valence-electron chi connectivity index (χ0n) is 15.0. The highest BCUT2D eigenvalue weighted by Crippen LogP contribution is 2.22. The molecule has 2 aromatic heterocycles. The number of H-pyrrole nitrogens is 1. The topological polar surface area (TPSA) is 91.7 Å². The fourth-order valence-electron chi connectivity index (χ4n) is 3.19. The van der Waals surface area contributed by atoms with E-state index in [-0.39, 0.29) is 30.4 Å². The molecule has 0 bridgehead atoms. The van der Waals surface area contributed by atoms with Crippen molar-refractivity contribution in [1.82, 2.24) is 24.8 Å². The molecule has 3 heterocycles. The fraction of sp³-hybridized carbons (Fsp3) is 0.278. The van der Waals surface area contributed by atoms with Gasteiger partial charge in [-0.05, 0) is 17.7 Å². The third kappa shape index (κ3) is 4.03. The van der Waals surface area contributed by atoms with E-state index in [1.54, 1.807) is 12.3 Å². The number of hydrogen-bond donors (Lipinski definition) is 2. The van der Waals surface area contributed by atoms with Crippen LogP contribution in [0.5, 0.6) is 5.75 Å². The average Bonchev–Trinajstić information content (AvgIpc) is 3.15. The first-order valence-electron chi connectivity index (χ1n) is 8.75. The minimum atomic E-state index is -4.75. The van der Waals surface area contributed by atoms with Crippen molar-refractivity contribution in [2.24, 2.45) is 0 Å². The summed E-state index contributed by atoms with van der Waals surface area (Å²) < 4.78 is 41.7. The van der Waals surface area contributed by atoms with E-state index in [1.807, 2.05) is 0 Å². The van der Waals surface area contributed by atoms with E-state index in [9.17, 15) is 22.8 Å². The van der Waals surface area contributed by atoms with Gasteiger partial charge in [-0.1, -0.05) is 12.1 Å². The minimum Gasteiger partial charge on any atom is -0.406 e. The SMILES string of the molecule is O=C(NCc1ccc(OC(F)(F)F)cc1)N1CCc2nc3cc[nH]n3c(=O)c2C1. The molecule has 1 aromatic carbocycles. The molecular formula is C18H16F3N5O3. The number of ether oxygens (including phenoxy) is 1. The summed E-state index contributed by atoms with van der Waals surface area (Å²) in [6, 6.07) is 6.56. The quantitative estimate of drug-likeness (QED) is 0.696. The molecule has 4 rings (SSSR count). The molecule has 0 unspecified atom stereocenters. The number of carbonyl (C=O) groups is 1. The normalized spacial score (nSPS) is 14.0. The van der Waals surface area contributed by atoms with Gasteiger partial charge in [0.15, 0.2) is 5.65 Å². The predicted molar refractivity (Wildman–Crippen MR) is 95.3 cm³/mol. The van der Waals surface area contributed by atoms with Crippen molar-refractivity contribution in [1.29, 1.82) is 0 Å². The lowest BCUT2D eigenvalue weighted by atomic mass is 10.1. The number of hydrogen-bond acceptors (Lipinski definition) is 4. The Bertz CT molecular complexity index is 1100. The molecule has 1 aliphatic rings. The zero-order valence-corrected chi connectivity index (χ0v) is 15.0. The molecule has 0 atom stereocenters. The van der Waals surface area contributed by atoms with Crippen LogP contribution in [0.15, 0.2) is 41.3 Å². The van der Waals surface area contributed by atoms with Crippen LogP contribution >= 0.6 is 0 Å². The highest BCUT2D eigenvalue weighted by molar-refractivity contribution is 5.74. The van der Waals surface area contributed by atoms with Gasteiger partial charge in [-0.25, -0.2) is 14.3 Å². The number of rotatable bonds is 3. The number of halogens is 3. The highest BCUT2D eigenvalue weighted by Gasteiger charge is 2.31. The summed E-state index contributed by atoms with van der Waals surface area (Å²) >= 11 is 0. The minimum absolute atomic E-state index is 0.126. The Morgan fingerprint density at radius 3 is 2.72 bits per heavy atom. The van der Waals surface area contributed by atoms with Gasteiger partial charge >= 0.3 is 12.4 Å². The van der Waals surface area contributed by atoms with E-state index in [1.165, 1.54) is 33.7 Å². The van der Waals surface area contributed by atoms with Crippen molar-refractivity contribution >= 4 is 11.7 Å². The number of nitrogens with one attached hydrogen (secondary N) is 2. The number of carbonyl (C=O) groups excluding carboxylic acids is 1. The number of nitrogens with zero attached hydrogens (tertiary/aromatic N) is 3. The van der Waals surface area contributed by atoms with Gasteiger partial charge in [0.2, 0.25) is 0 Å². The van der Waals surface area contributed by atoms with E-state index < -0.39 is 6.36 Å². The lowest BCUT2D eigenvalue weighted by molar-refractivity contribution is -0.274. The monoisotopic (exact) mass is 407 g/mol. The number of alkyl halides is 3. The first kappa shape index (κ1) is 18.8. The summed E-state index contributed by atoms with van der Waals surface area (Å²) in [6.45, 7) is 0.666. The number of fused-ring (bicyclic) bond motifs is 2. The van der Waals surface area contributed by atoms with Gasteiger partial charge in [0, 0.05) is 31.8 Å². The molecule has 0 spiro atoms. The smallest absolute Gasteiger partial charge is 0.406 e. The predicted octanol–water partition coefficient (Wildman–Crippen LogP) is 2.19.